The average molecular weight is 864 g/mol. The van der Waals surface area contributed by atoms with Gasteiger partial charge < -0.3 is 5.73 Å². The van der Waals surface area contributed by atoms with Gasteiger partial charge in [-0.25, -0.2) is 0 Å². The van der Waals surface area contributed by atoms with Crippen molar-refractivity contribution in [1.29, 1.82) is 0 Å². The van der Waals surface area contributed by atoms with Gasteiger partial charge in [0.15, 0.2) is 0 Å². The third-order valence-electron chi connectivity index (χ3n) is 12.1. The van der Waals surface area contributed by atoms with Crippen LogP contribution in [0.25, 0.3) is 77.9 Å². The van der Waals surface area contributed by atoms with Gasteiger partial charge in [0.05, 0.1) is 0 Å². The van der Waals surface area contributed by atoms with Crippen molar-refractivity contribution >= 4 is 22.3 Å². The Morgan fingerprint density at radius 1 is 0.552 bits per heavy atom. The molecule has 0 heterocycles. The van der Waals surface area contributed by atoms with Gasteiger partial charge >= 0.3 is 0 Å². The van der Waals surface area contributed by atoms with E-state index >= 15 is 0 Å². The minimum absolute atomic E-state index is 0.750. The summed E-state index contributed by atoms with van der Waals surface area (Å²) in [7, 11) is 0. The third kappa shape index (κ3) is 11.1. The zero-order chi connectivity index (χ0) is 46.4. The van der Waals surface area contributed by atoms with Crippen LogP contribution >= 0.6 is 0 Å². The highest BCUT2D eigenvalue weighted by Crippen LogP contribution is 2.43. The van der Waals surface area contributed by atoms with Gasteiger partial charge in [-0.1, -0.05) is 178 Å². The van der Waals surface area contributed by atoms with Crippen molar-refractivity contribution in [2.45, 2.75) is 26.7 Å². The molecule has 0 amide bonds. The molecule has 326 valence electrons. The van der Waals surface area contributed by atoms with E-state index in [0.717, 1.165) is 63.9 Å². The van der Waals surface area contributed by atoms with Gasteiger partial charge in [0.2, 0.25) is 0 Å². The Labute approximate surface area is 398 Å². The monoisotopic (exact) mass is 863 g/mol. The highest BCUT2D eigenvalue weighted by Gasteiger charge is 2.19. The summed E-state index contributed by atoms with van der Waals surface area (Å²) in [5, 5.41) is 0. The van der Waals surface area contributed by atoms with E-state index in [1.54, 1.807) is 0 Å². The Balaban J connectivity index is 0.00000198. The summed E-state index contributed by atoms with van der Waals surface area (Å²) >= 11 is 0. The first-order chi connectivity index (χ1) is 33.0. The first kappa shape index (κ1) is 45.5. The molecule has 0 aliphatic heterocycles. The molecule has 6 aromatic rings. The normalized spacial score (nSPS) is 14.0. The second-order valence-corrected chi connectivity index (χ2v) is 16.7. The second kappa shape index (κ2) is 22.2. The molecule has 3 aliphatic carbocycles. The first-order valence-corrected chi connectivity index (χ1v) is 23.2. The molecule has 0 radical (unpaired) electrons. The minimum atomic E-state index is 0.750. The molecule has 9 rings (SSSR count). The molecule has 0 unspecified atom stereocenters. The summed E-state index contributed by atoms with van der Waals surface area (Å²) in [5.74, 6) is 0. The van der Waals surface area contributed by atoms with Crippen molar-refractivity contribution in [3.05, 3.63) is 283 Å². The van der Waals surface area contributed by atoms with Crippen LogP contribution in [-0.4, -0.2) is 6.54 Å². The van der Waals surface area contributed by atoms with Gasteiger partial charge in [-0.2, -0.15) is 0 Å². The predicted octanol–water partition coefficient (Wildman–Crippen LogP) is 17.5. The van der Waals surface area contributed by atoms with E-state index in [2.05, 4.69) is 232 Å². The van der Waals surface area contributed by atoms with Crippen LogP contribution in [0.4, 0.5) is 0 Å². The maximum absolute atomic E-state index is 4.85. The summed E-state index contributed by atoms with van der Waals surface area (Å²) in [4.78, 5) is 0. The molecule has 0 saturated carbocycles. The number of nitrogens with two attached hydrogens (primary N) is 1. The average Bonchev–Trinajstić information content (AvgIpc) is 3.95. The highest BCUT2D eigenvalue weighted by molar-refractivity contribution is 5.93. The fourth-order valence-electron chi connectivity index (χ4n) is 8.73. The minimum Gasteiger partial charge on any atom is -0.331 e. The molecule has 0 saturated heterocycles. The number of rotatable bonds is 11. The molecule has 6 aromatic carbocycles. The van der Waals surface area contributed by atoms with E-state index in [1.165, 1.54) is 61.2 Å². The Kier molecular flexibility index (Phi) is 15.1. The Hall–Kier alpha value is -8.06. The van der Waals surface area contributed by atoms with Crippen LogP contribution in [0.1, 0.15) is 47.6 Å². The van der Waals surface area contributed by atoms with Crippen molar-refractivity contribution < 1.29 is 0 Å². The van der Waals surface area contributed by atoms with Crippen LogP contribution in [0.5, 0.6) is 0 Å². The first-order valence-electron chi connectivity index (χ1n) is 23.2. The molecule has 0 atom stereocenters. The van der Waals surface area contributed by atoms with Gasteiger partial charge in [-0.05, 0) is 211 Å². The molecule has 67 heavy (non-hydrogen) atoms. The quantitative estimate of drug-likeness (QED) is 0.102. The molecule has 2 N–H and O–H groups in total. The maximum atomic E-state index is 4.85. The summed E-state index contributed by atoms with van der Waals surface area (Å²) in [6.07, 6.45) is 39.8. The fraction of sp³-hybridized carbons (Fsp3) is 0.0758. The zero-order valence-corrected chi connectivity index (χ0v) is 38.6. The van der Waals surface area contributed by atoms with Gasteiger partial charge in [-0.3, -0.25) is 0 Å². The highest BCUT2D eigenvalue weighted by atomic mass is 14.5. The zero-order valence-electron chi connectivity index (χ0n) is 38.6. The van der Waals surface area contributed by atoms with E-state index < -0.39 is 0 Å². The van der Waals surface area contributed by atoms with E-state index in [9.17, 15) is 0 Å². The van der Waals surface area contributed by atoms with Crippen molar-refractivity contribution in [3.8, 4) is 55.6 Å². The van der Waals surface area contributed by atoms with E-state index in [1.807, 2.05) is 37.3 Å². The summed E-state index contributed by atoms with van der Waals surface area (Å²) in [5.41, 5.74) is 30.2. The molecule has 1 nitrogen and oxygen atoms in total. The lowest BCUT2D eigenvalue weighted by atomic mass is 9.84. The molecular weight excluding hydrogens is 807 g/mol. The Morgan fingerprint density at radius 2 is 1.10 bits per heavy atom. The molecule has 3 aliphatic rings. The lowest BCUT2D eigenvalue weighted by Crippen LogP contribution is -1.96. The molecule has 1 heteroatoms. The van der Waals surface area contributed by atoms with Crippen molar-refractivity contribution in [2.24, 2.45) is 5.73 Å². The summed E-state index contributed by atoms with van der Waals surface area (Å²) in [6.45, 7) is 13.2. The Morgan fingerprint density at radius 3 is 1.79 bits per heavy atom. The number of allylic oxidation sites excluding steroid dienone is 21. The third-order valence-corrected chi connectivity index (χ3v) is 12.1. The molecule has 0 bridgehead atoms. The maximum Gasteiger partial charge on any atom is -0.00884 e. The second-order valence-electron chi connectivity index (χ2n) is 16.7. The topological polar surface area (TPSA) is 26.0 Å². The standard InChI is InChI=1S/C64H50.C2H7N/c1-4-24-47(5-2)53-35-56(50-27-16-8-9-17-28-50)41-61(40-53)63-44-60(59-38-54(48-25-14-6-7-15-26-48)36-55(39-59)49-31-20-12-21-32-49)45-64(46(63)3)62-42-57(51-29-18-10-11-19-30-51)37-58(43-62)52-33-22-13-23-34-52;1-2-3/h4-10,12-16,18-25,27-45H,1-2,11,26H2,3H3;2-3H2,1H3/b47-24+;. The molecular formula is C66H57N. The van der Waals surface area contributed by atoms with Crippen molar-refractivity contribution in [1.82, 2.24) is 0 Å². The largest absolute Gasteiger partial charge is 0.331 e. The smallest absolute Gasteiger partial charge is 0.00884 e. The van der Waals surface area contributed by atoms with Gasteiger partial charge in [0, 0.05) is 0 Å². The van der Waals surface area contributed by atoms with Crippen LogP contribution in [0.3, 0.4) is 0 Å². The van der Waals surface area contributed by atoms with Gasteiger partial charge in [0.25, 0.3) is 0 Å². The van der Waals surface area contributed by atoms with Crippen molar-refractivity contribution in [3.63, 3.8) is 0 Å². The lowest BCUT2D eigenvalue weighted by Gasteiger charge is -2.20. The van der Waals surface area contributed by atoms with Crippen LogP contribution in [-0.2, 0) is 0 Å². The summed E-state index contributed by atoms with van der Waals surface area (Å²) < 4.78 is 0. The van der Waals surface area contributed by atoms with E-state index in [4.69, 9.17) is 5.73 Å². The van der Waals surface area contributed by atoms with Crippen LogP contribution in [0, 0.1) is 6.92 Å². The van der Waals surface area contributed by atoms with Crippen LogP contribution in [0.2, 0.25) is 0 Å². The molecule has 0 aromatic heterocycles. The Bertz CT molecular complexity index is 3160. The SMILES string of the molecule is C=C/C=C(\C=C)c1cc(C2=CC=CC=C=C2)cc(-c2cc(-c3cc(C4=CC=CC=CC4)cc(-c4ccccc4)c3)cc(-c3cc(C4=CC=CCC=C4)cc(-c4ccccc4)c3)c2C)c1.CCN. The van der Waals surface area contributed by atoms with Crippen LogP contribution in [0.15, 0.2) is 256 Å². The van der Waals surface area contributed by atoms with Gasteiger partial charge in [0.1, 0.15) is 0 Å². The van der Waals surface area contributed by atoms with Gasteiger partial charge in [-0.15, -0.1) is 5.73 Å². The molecule has 0 spiro atoms. The fourth-order valence-corrected chi connectivity index (χ4v) is 8.73. The van der Waals surface area contributed by atoms with Crippen molar-refractivity contribution in [2.75, 3.05) is 6.54 Å². The molecule has 0 fully saturated rings. The van der Waals surface area contributed by atoms with E-state index in [-0.39, 0.29) is 0 Å². The van der Waals surface area contributed by atoms with Crippen LogP contribution < -0.4 is 5.73 Å². The number of benzene rings is 6. The number of hydrogen-bond acceptors (Lipinski definition) is 1. The number of hydrogen-bond donors (Lipinski definition) is 1. The lowest BCUT2D eigenvalue weighted by molar-refractivity contribution is 1.14. The predicted molar refractivity (Wildman–Crippen MR) is 293 cm³/mol. The summed E-state index contributed by atoms with van der Waals surface area (Å²) in [6, 6.07) is 47.4. The van der Waals surface area contributed by atoms with E-state index in [0.29, 0.717) is 0 Å².